The maximum absolute atomic E-state index is 13.0. The summed E-state index contributed by atoms with van der Waals surface area (Å²) >= 11 is 0. The lowest BCUT2D eigenvalue weighted by molar-refractivity contribution is -0.137. The van der Waals surface area contributed by atoms with E-state index in [2.05, 4.69) is 23.2 Å². The van der Waals surface area contributed by atoms with Crippen LogP contribution >= 0.6 is 0 Å². The highest BCUT2D eigenvalue weighted by molar-refractivity contribution is 6.08. The maximum atomic E-state index is 13.0. The summed E-state index contributed by atoms with van der Waals surface area (Å²) in [6.45, 7) is 13.2. The minimum atomic E-state index is -0.792. The molecular formula is C27H29N3O5. The number of benzene rings is 2. The molecule has 0 aromatic heterocycles. The van der Waals surface area contributed by atoms with Crippen LogP contribution in [0.25, 0.3) is 11.1 Å². The third kappa shape index (κ3) is 5.01. The minimum Gasteiger partial charge on any atom is -0.464 e. The number of esters is 1. The summed E-state index contributed by atoms with van der Waals surface area (Å²) in [6, 6.07) is 12.6. The van der Waals surface area contributed by atoms with Crippen molar-refractivity contribution in [3.8, 4) is 11.1 Å². The van der Waals surface area contributed by atoms with Gasteiger partial charge in [0.25, 0.3) is 17.7 Å². The van der Waals surface area contributed by atoms with Crippen molar-refractivity contribution >= 4 is 23.7 Å². The lowest BCUT2D eigenvalue weighted by Gasteiger charge is -2.32. The molecule has 8 heteroatoms. The van der Waals surface area contributed by atoms with E-state index >= 15 is 0 Å². The van der Waals surface area contributed by atoms with Crippen molar-refractivity contribution in [3.63, 3.8) is 0 Å². The fourth-order valence-corrected chi connectivity index (χ4v) is 3.62. The zero-order valence-electron chi connectivity index (χ0n) is 20.6. The molecule has 0 atom stereocenters. The van der Waals surface area contributed by atoms with Crippen LogP contribution in [0.15, 0.2) is 67.0 Å². The minimum absolute atomic E-state index is 0.0838. The van der Waals surface area contributed by atoms with Gasteiger partial charge >= 0.3 is 5.97 Å². The van der Waals surface area contributed by atoms with Gasteiger partial charge in [-0.1, -0.05) is 37.4 Å². The topological polar surface area (TPSA) is 96.0 Å². The molecular weight excluding hydrogens is 446 g/mol. The molecule has 0 fully saturated rings. The summed E-state index contributed by atoms with van der Waals surface area (Å²) in [5.41, 5.74) is 2.72. The van der Waals surface area contributed by atoms with Gasteiger partial charge in [-0.05, 0) is 55.7 Å². The predicted molar refractivity (Wildman–Crippen MR) is 132 cm³/mol. The number of carbonyl (C=O) groups is 4. The second-order valence-corrected chi connectivity index (χ2v) is 9.21. The van der Waals surface area contributed by atoms with E-state index < -0.39 is 11.9 Å². The third-order valence-corrected chi connectivity index (χ3v) is 6.01. The highest BCUT2D eigenvalue weighted by Crippen LogP contribution is 2.34. The van der Waals surface area contributed by atoms with Crippen LogP contribution in [-0.2, 0) is 20.9 Å². The first-order chi connectivity index (χ1) is 16.4. The van der Waals surface area contributed by atoms with Gasteiger partial charge in [0, 0.05) is 23.7 Å². The summed E-state index contributed by atoms with van der Waals surface area (Å²) in [7, 11) is 2.94. The molecule has 1 heterocycles. The Hall–Kier alpha value is -4.20. The zero-order chi connectivity index (χ0) is 26.1. The molecule has 1 aliphatic heterocycles. The van der Waals surface area contributed by atoms with Crippen LogP contribution in [0, 0.1) is 0 Å². The molecule has 0 radical (unpaired) electrons. The van der Waals surface area contributed by atoms with Crippen LogP contribution in [0.5, 0.6) is 0 Å². The monoisotopic (exact) mass is 475 g/mol. The molecule has 3 amide bonds. The van der Waals surface area contributed by atoms with E-state index in [0.717, 1.165) is 16.7 Å². The van der Waals surface area contributed by atoms with Crippen LogP contribution in [0.1, 0.15) is 47.1 Å². The first kappa shape index (κ1) is 25.4. The first-order valence-electron chi connectivity index (χ1n) is 11.0. The van der Waals surface area contributed by atoms with E-state index in [-0.39, 0.29) is 35.3 Å². The number of hydrogen-bond acceptors (Lipinski definition) is 5. The van der Waals surface area contributed by atoms with E-state index in [9.17, 15) is 19.2 Å². The average Bonchev–Trinajstić information content (AvgIpc) is 3.17. The van der Waals surface area contributed by atoms with Gasteiger partial charge in [-0.15, -0.1) is 0 Å². The van der Waals surface area contributed by atoms with E-state index in [1.165, 1.54) is 12.0 Å². The number of amides is 3. The molecule has 1 aliphatic rings. The number of rotatable bonds is 6. The number of hydrogen-bond donors (Lipinski definition) is 1. The number of methoxy groups -OCH3 is 1. The summed E-state index contributed by atoms with van der Waals surface area (Å²) in [4.78, 5) is 52.8. The maximum Gasteiger partial charge on any atom is 0.353 e. The van der Waals surface area contributed by atoms with Gasteiger partial charge in [0.15, 0.2) is 0 Å². The van der Waals surface area contributed by atoms with Crippen molar-refractivity contribution in [1.82, 2.24) is 15.1 Å². The Morgan fingerprint density at radius 3 is 2.20 bits per heavy atom. The third-order valence-electron chi connectivity index (χ3n) is 6.01. The van der Waals surface area contributed by atoms with Crippen LogP contribution in [0.3, 0.4) is 0 Å². The molecule has 35 heavy (non-hydrogen) atoms. The van der Waals surface area contributed by atoms with Crippen molar-refractivity contribution in [2.24, 2.45) is 0 Å². The standard InChI is InChI=1S/C27H29N3O5/c1-16(26(34)35-7)28-23(31)17(2)30-15-22-20(9-8-10-21(22)25(30)33)18-11-13-19(14-12-18)24(32)29(6)27(3,4)5/h8-14H,1-2,15H2,3-7H3,(H,28,31). The Bertz CT molecular complexity index is 1240. The largest absolute Gasteiger partial charge is 0.464 e. The molecule has 2 aromatic rings. The molecule has 0 saturated carbocycles. The number of nitrogens with one attached hydrogen (secondary N) is 1. The molecule has 8 nitrogen and oxygen atoms in total. The van der Waals surface area contributed by atoms with Crippen molar-refractivity contribution in [1.29, 1.82) is 0 Å². The van der Waals surface area contributed by atoms with E-state index in [1.54, 1.807) is 36.2 Å². The Morgan fingerprint density at radius 2 is 1.63 bits per heavy atom. The van der Waals surface area contributed by atoms with Gasteiger partial charge in [0.05, 0.1) is 13.7 Å². The van der Waals surface area contributed by atoms with Crippen LogP contribution in [0.4, 0.5) is 0 Å². The van der Waals surface area contributed by atoms with E-state index in [4.69, 9.17) is 0 Å². The molecule has 3 rings (SSSR count). The van der Waals surface area contributed by atoms with Gasteiger partial charge in [-0.2, -0.15) is 0 Å². The second kappa shape index (κ2) is 9.58. The van der Waals surface area contributed by atoms with Gasteiger partial charge in [-0.25, -0.2) is 4.79 Å². The molecule has 182 valence electrons. The quantitative estimate of drug-likeness (QED) is 0.510. The van der Waals surface area contributed by atoms with Crippen molar-refractivity contribution in [2.45, 2.75) is 32.9 Å². The molecule has 1 N–H and O–H groups in total. The Labute approximate surface area is 204 Å². The predicted octanol–water partition coefficient (Wildman–Crippen LogP) is 3.50. The van der Waals surface area contributed by atoms with Gasteiger partial charge in [0.1, 0.15) is 11.4 Å². The van der Waals surface area contributed by atoms with Crippen molar-refractivity contribution < 1.29 is 23.9 Å². The first-order valence-corrected chi connectivity index (χ1v) is 11.0. The average molecular weight is 476 g/mol. The lowest BCUT2D eigenvalue weighted by Crippen LogP contribution is -2.42. The van der Waals surface area contributed by atoms with Crippen molar-refractivity contribution in [2.75, 3.05) is 14.2 Å². The highest BCUT2D eigenvalue weighted by atomic mass is 16.5. The fourth-order valence-electron chi connectivity index (χ4n) is 3.62. The van der Waals surface area contributed by atoms with Crippen LogP contribution < -0.4 is 5.32 Å². The van der Waals surface area contributed by atoms with E-state index in [1.807, 2.05) is 39.0 Å². The zero-order valence-corrected chi connectivity index (χ0v) is 20.6. The smallest absolute Gasteiger partial charge is 0.353 e. The molecule has 2 aromatic carbocycles. The van der Waals surface area contributed by atoms with E-state index in [0.29, 0.717) is 11.1 Å². The number of fused-ring (bicyclic) bond motifs is 1. The van der Waals surface area contributed by atoms with Gasteiger partial charge < -0.3 is 15.0 Å². The summed E-state index contributed by atoms with van der Waals surface area (Å²) in [6.07, 6.45) is 0. The Morgan fingerprint density at radius 1 is 1.03 bits per heavy atom. The number of nitrogens with zero attached hydrogens (tertiary/aromatic N) is 2. The summed E-state index contributed by atoms with van der Waals surface area (Å²) in [5.74, 6) is -1.97. The van der Waals surface area contributed by atoms with Crippen LogP contribution in [-0.4, -0.2) is 53.2 Å². The Kier molecular flexibility index (Phi) is 6.96. The lowest BCUT2D eigenvalue weighted by atomic mass is 9.96. The fraction of sp³-hybridized carbons (Fsp3) is 0.259. The summed E-state index contributed by atoms with van der Waals surface area (Å²) < 4.78 is 4.52. The van der Waals surface area contributed by atoms with Gasteiger partial charge in [0.2, 0.25) is 0 Å². The van der Waals surface area contributed by atoms with Crippen LogP contribution in [0.2, 0.25) is 0 Å². The van der Waals surface area contributed by atoms with Gasteiger partial charge in [-0.3, -0.25) is 19.3 Å². The molecule has 0 aliphatic carbocycles. The molecule has 0 saturated heterocycles. The number of ether oxygens (including phenoxy) is 1. The summed E-state index contributed by atoms with van der Waals surface area (Å²) in [5, 5.41) is 2.30. The highest BCUT2D eigenvalue weighted by Gasteiger charge is 2.33. The normalized spacial score (nSPS) is 12.6. The molecule has 0 spiro atoms. The molecule has 0 bridgehead atoms. The second-order valence-electron chi connectivity index (χ2n) is 9.21. The molecule has 0 unspecified atom stereocenters. The number of carbonyl (C=O) groups excluding carboxylic acids is 4. The Balaban J connectivity index is 1.84. The van der Waals surface area contributed by atoms with Crippen molar-refractivity contribution in [3.05, 3.63) is 83.7 Å². The SMILES string of the molecule is C=C(NC(=O)C(=C)N1Cc2c(cccc2-c2ccc(C(=O)N(C)C(C)(C)C)cc2)C1=O)C(=O)OC.